The minimum atomic E-state index is -1.80. The minimum absolute atomic E-state index is 0.493. The molecule has 0 aromatic heterocycles. The zero-order valence-corrected chi connectivity index (χ0v) is 13.0. The first-order valence-corrected chi connectivity index (χ1v) is 10.3. The summed E-state index contributed by atoms with van der Waals surface area (Å²) in [5.41, 5.74) is 2.80. The van der Waals surface area contributed by atoms with Crippen LogP contribution in [0.5, 0.6) is 0 Å². The predicted octanol–water partition coefficient (Wildman–Crippen LogP) is 2.70. The number of hydrogen-bond acceptors (Lipinski definition) is 2. The molecule has 0 spiro atoms. The molecule has 0 amide bonds. The molecule has 2 heterocycles. The third kappa shape index (κ3) is 1.70. The van der Waals surface area contributed by atoms with E-state index in [1.54, 1.807) is 0 Å². The molecular formula is C15H14NOPSe. The first-order valence-electron chi connectivity index (χ1n) is 6.47. The van der Waals surface area contributed by atoms with Gasteiger partial charge in [0.2, 0.25) is 0 Å². The van der Waals surface area contributed by atoms with Gasteiger partial charge in [-0.15, -0.1) is 0 Å². The Morgan fingerprint density at radius 1 is 1.05 bits per heavy atom. The second kappa shape index (κ2) is 4.33. The van der Waals surface area contributed by atoms with Crippen molar-refractivity contribution in [3.63, 3.8) is 0 Å². The molecule has 0 saturated carbocycles. The van der Waals surface area contributed by atoms with Crippen molar-refractivity contribution < 1.29 is 4.52 Å². The van der Waals surface area contributed by atoms with Gasteiger partial charge in [0.05, 0.1) is 0 Å². The van der Waals surface area contributed by atoms with Gasteiger partial charge in [-0.05, 0) is 0 Å². The van der Waals surface area contributed by atoms with Crippen LogP contribution in [0.25, 0.3) is 0 Å². The number of para-hydroxylation sites is 1. The van der Waals surface area contributed by atoms with Crippen LogP contribution in [0, 0.1) is 0 Å². The van der Waals surface area contributed by atoms with Gasteiger partial charge in [0.1, 0.15) is 0 Å². The van der Waals surface area contributed by atoms with Crippen molar-refractivity contribution in [2.75, 3.05) is 11.3 Å². The van der Waals surface area contributed by atoms with Crippen LogP contribution < -0.4 is 9.97 Å². The van der Waals surface area contributed by atoms with Crippen LogP contribution in [0.2, 0.25) is 0 Å². The Morgan fingerprint density at radius 3 is 2.63 bits per heavy atom. The van der Waals surface area contributed by atoms with Crippen molar-refractivity contribution in [2.24, 2.45) is 0 Å². The molecule has 96 valence electrons. The number of fused-ring (bicyclic) bond motifs is 3. The van der Waals surface area contributed by atoms with Crippen molar-refractivity contribution in [2.45, 2.75) is 12.5 Å². The fraction of sp³-hybridized carbons (Fsp3) is 0.200. The van der Waals surface area contributed by atoms with E-state index in [2.05, 4.69) is 74.4 Å². The Labute approximate surface area is 120 Å². The quantitative estimate of drug-likeness (QED) is 0.587. The number of hydrogen-bond donors (Lipinski definition) is 0. The van der Waals surface area contributed by atoms with E-state index in [1.165, 1.54) is 16.6 Å². The van der Waals surface area contributed by atoms with Crippen molar-refractivity contribution in [3.8, 4) is 0 Å². The van der Waals surface area contributed by atoms with E-state index >= 15 is 0 Å². The van der Waals surface area contributed by atoms with E-state index in [4.69, 9.17) is 4.52 Å². The van der Waals surface area contributed by atoms with Gasteiger partial charge in [-0.3, -0.25) is 0 Å². The fourth-order valence-corrected chi connectivity index (χ4v) is 8.04. The SMILES string of the molecule is [Se]=P1(c2ccccc2)OC[C@@H]2Cc3ccccc3N21. The Balaban J connectivity index is 1.87. The summed E-state index contributed by atoms with van der Waals surface area (Å²) in [6.45, 7) is 0.824. The van der Waals surface area contributed by atoms with E-state index in [0.717, 1.165) is 13.0 Å². The van der Waals surface area contributed by atoms with Crippen LogP contribution >= 0.6 is 5.89 Å². The van der Waals surface area contributed by atoms with Gasteiger partial charge in [0.15, 0.2) is 0 Å². The average molecular weight is 334 g/mol. The number of rotatable bonds is 1. The van der Waals surface area contributed by atoms with Crippen molar-refractivity contribution >= 4 is 32.0 Å². The Bertz CT molecular complexity index is 673. The molecule has 19 heavy (non-hydrogen) atoms. The molecule has 0 radical (unpaired) electrons. The zero-order chi connectivity index (χ0) is 12.9. The first kappa shape index (κ1) is 11.9. The Morgan fingerprint density at radius 2 is 1.79 bits per heavy atom. The van der Waals surface area contributed by atoms with Gasteiger partial charge in [-0.1, -0.05) is 0 Å². The van der Waals surface area contributed by atoms with E-state index in [1.807, 2.05) is 0 Å². The fourth-order valence-electron chi connectivity index (χ4n) is 2.99. The van der Waals surface area contributed by atoms with E-state index < -0.39 is 5.89 Å². The summed E-state index contributed by atoms with van der Waals surface area (Å²) < 4.78 is 8.74. The first-order chi connectivity index (χ1) is 9.29. The van der Waals surface area contributed by atoms with Gasteiger partial charge in [-0.25, -0.2) is 0 Å². The van der Waals surface area contributed by atoms with Gasteiger partial charge in [-0.2, -0.15) is 0 Å². The molecule has 2 atom stereocenters. The number of benzene rings is 2. The molecule has 4 rings (SSSR count). The summed E-state index contributed by atoms with van der Waals surface area (Å²) in [6, 6.07) is 19.8. The Hall–Kier alpha value is -0.851. The van der Waals surface area contributed by atoms with Crippen LogP contribution in [-0.2, 0) is 10.9 Å². The van der Waals surface area contributed by atoms with Gasteiger partial charge in [0, 0.05) is 0 Å². The molecule has 0 aliphatic carbocycles. The van der Waals surface area contributed by atoms with Crippen molar-refractivity contribution in [1.82, 2.24) is 0 Å². The van der Waals surface area contributed by atoms with Crippen LogP contribution in [0.4, 0.5) is 5.69 Å². The summed E-state index contributed by atoms with van der Waals surface area (Å²) >= 11 is 3.40. The van der Waals surface area contributed by atoms with E-state index in [-0.39, 0.29) is 0 Å². The molecule has 4 heteroatoms. The predicted molar refractivity (Wildman–Crippen MR) is 81.1 cm³/mol. The molecule has 2 aromatic carbocycles. The van der Waals surface area contributed by atoms with Gasteiger partial charge < -0.3 is 0 Å². The number of nitrogens with zero attached hydrogens (tertiary/aromatic N) is 1. The molecular weight excluding hydrogens is 320 g/mol. The normalized spacial score (nSPS) is 28.2. The van der Waals surface area contributed by atoms with Gasteiger partial charge >= 0.3 is 120 Å². The summed E-state index contributed by atoms with van der Waals surface area (Å²) in [5, 5.41) is 1.29. The maximum atomic E-state index is 6.23. The third-order valence-corrected chi connectivity index (χ3v) is 9.50. The molecule has 2 nitrogen and oxygen atoms in total. The maximum absolute atomic E-state index is 6.23. The van der Waals surface area contributed by atoms with Crippen LogP contribution in [0.1, 0.15) is 5.56 Å². The van der Waals surface area contributed by atoms with Crippen molar-refractivity contribution in [3.05, 3.63) is 60.2 Å². The summed E-state index contributed by atoms with van der Waals surface area (Å²) in [7, 11) is 0. The monoisotopic (exact) mass is 335 g/mol. The molecule has 1 unspecified atom stereocenters. The molecule has 2 aliphatic heterocycles. The average Bonchev–Trinajstić information content (AvgIpc) is 2.99. The van der Waals surface area contributed by atoms with Crippen molar-refractivity contribution in [1.29, 1.82) is 0 Å². The second-order valence-electron chi connectivity index (χ2n) is 4.98. The van der Waals surface area contributed by atoms with E-state index in [9.17, 15) is 0 Å². The molecule has 0 bridgehead atoms. The van der Waals surface area contributed by atoms with Gasteiger partial charge in [0.25, 0.3) is 0 Å². The Kier molecular flexibility index (Phi) is 2.72. The second-order valence-corrected chi connectivity index (χ2v) is 10.3. The van der Waals surface area contributed by atoms with Crippen LogP contribution in [-0.4, -0.2) is 27.7 Å². The van der Waals surface area contributed by atoms with Crippen LogP contribution in [0.3, 0.4) is 0 Å². The van der Waals surface area contributed by atoms with Crippen LogP contribution in [0.15, 0.2) is 54.6 Å². The third-order valence-electron chi connectivity index (χ3n) is 3.85. The number of anilines is 1. The summed E-state index contributed by atoms with van der Waals surface area (Å²) in [6.07, 6.45) is 1.10. The standard InChI is InChI=1S/C15H14NOPSe/c19-18(14-7-2-1-3-8-14)16-13(11-17-18)10-12-6-4-5-9-15(12)16/h1-9,13H,10-11H2/t13-,18?/m0/s1. The molecule has 2 aromatic rings. The molecule has 1 fully saturated rings. The molecule has 1 saturated heterocycles. The molecule has 0 N–H and O–H groups in total. The molecule has 2 aliphatic rings. The zero-order valence-electron chi connectivity index (χ0n) is 10.4. The summed E-state index contributed by atoms with van der Waals surface area (Å²) in [4.78, 5) is 0. The topological polar surface area (TPSA) is 12.5 Å². The van der Waals surface area contributed by atoms with E-state index in [0.29, 0.717) is 6.04 Å². The summed E-state index contributed by atoms with van der Waals surface area (Å²) in [5.74, 6) is -1.80.